The van der Waals surface area contributed by atoms with Crippen molar-refractivity contribution in [2.24, 2.45) is 23.5 Å². The van der Waals surface area contributed by atoms with Crippen molar-refractivity contribution in [3.63, 3.8) is 0 Å². The normalized spacial score (nSPS) is 38.4. The molecule has 1 saturated carbocycles. The Morgan fingerprint density at radius 2 is 2.12 bits per heavy atom. The lowest BCUT2D eigenvalue weighted by Crippen LogP contribution is -2.46. The van der Waals surface area contributed by atoms with Crippen LogP contribution >= 0.6 is 0 Å². The van der Waals surface area contributed by atoms with E-state index in [1.54, 1.807) is 0 Å². The van der Waals surface area contributed by atoms with Crippen LogP contribution in [0, 0.1) is 17.8 Å². The summed E-state index contributed by atoms with van der Waals surface area (Å²) in [6, 6.07) is 0.0966. The number of nitrogens with zero attached hydrogens (tertiary/aromatic N) is 1. The summed E-state index contributed by atoms with van der Waals surface area (Å²) < 4.78 is 0. The number of hydrogen-bond acceptors (Lipinski definition) is 2. The average molecular weight is 238 g/mol. The maximum Gasteiger partial charge on any atom is 0.227 e. The Kier molecular flexibility index (Phi) is 4.08. The molecule has 1 amide bonds. The van der Waals surface area contributed by atoms with Crippen LogP contribution in [-0.2, 0) is 4.79 Å². The first-order chi connectivity index (χ1) is 8.11. The van der Waals surface area contributed by atoms with Gasteiger partial charge in [-0.15, -0.1) is 0 Å². The smallest absolute Gasteiger partial charge is 0.227 e. The molecule has 0 aromatic heterocycles. The largest absolute Gasteiger partial charge is 0.342 e. The number of carbonyl (C=O) groups is 1. The van der Waals surface area contributed by atoms with E-state index in [1.807, 2.05) is 0 Å². The molecule has 2 rings (SSSR count). The van der Waals surface area contributed by atoms with Gasteiger partial charge in [-0.1, -0.05) is 20.3 Å². The zero-order chi connectivity index (χ0) is 12.4. The predicted molar refractivity (Wildman–Crippen MR) is 69.5 cm³/mol. The van der Waals surface area contributed by atoms with Gasteiger partial charge in [-0.05, 0) is 37.5 Å². The standard InChI is InChI=1S/C14H26N2O/c1-3-11-6-7-16(9-11)14(17)12-8-10(2)4-5-13(12)15/h10-13H,3-9,15H2,1-2H3. The molecule has 1 aliphatic carbocycles. The number of likely N-dealkylation sites (tertiary alicyclic amines) is 1. The number of carbonyl (C=O) groups excluding carboxylic acids is 1. The molecule has 1 heterocycles. The summed E-state index contributed by atoms with van der Waals surface area (Å²) in [5.74, 6) is 1.80. The molecular weight excluding hydrogens is 212 g/mol. The van der Waals surface area contributed by atoms with Crippen LogP contribution in [0.2, 0.25) is 0 Å². The molecule has 2 N–H and O–H groups in total. The minimum Gasteiger partial charge on any atom is -0.342 e. The Hall–Kier alpha value is -0.570. The van der Waals surface area contributed by atoms with Crippen LogP contribution in [0.15, 0.2) is 0 Å². The monoisotopic (exact) mass is 238 g/mol. The SMILES string of the molecule is CCC1CCN(C(=O)C2CC(C)CCC2N)C1. The van der Waals surface area contributed by atoms with E-state index in [9.17, 15) is 4.79 Å². The third-order valence-electron chi connectivity index (χ3n) is 4.66. The van der Waals surface area contributed by atoms with Gasteiger partial charge in [-0.3, -0.25) is 4.79 Å². The van der Waals surface area contributed by atoms with Gasteiger partial charge >= 0.3 is 0 Å². The minimum atomic E-state index is 0.0920. The predicted octanol–water partition coefficient (Wildman–Crippen LogP) is 2.01. The Morgan fingerprint density at radius 3 is 2.76 bits per heavy atom. The fraction of sp³-hybridized carbons (Fsp3) is 0.929. The lowest BCUT2D eigenvalue weighted by Gasteiger charge is -2.34. The minimum absolute atomic E-state index is 0.0920. The number of rotatable bonds is 2. The van der Waals surface area contributed by atoms with Gasteiger partial charge in [0.1, 0.15) is 0 Å². The number of amides is 1. The van der Waals surface area contributed by atoms with Crippen molar-refractivity contribution in [2.45, 2.75) is 52.0 Å². The van der Waals surface area contributed by atoms with Crippen molar-refractivity contribution in [1.29, 1.82) is 0 Å². The molecule has 3 nitrogen and oxygen atoms in total. The van der Waals surface area contributed by atoms with Crippen molar-refractivity contribution in [3.8, 4) is 0 Å². The van der Waals surface area contributed by atoms with E-state index in [1.165, 1.54) is 19.3 Å². The maximum atomic E-state index is 12.5. The van der Waals surface area contributed by atoms with E-state index < -0.39 is 0 Å². The molecule has 1 aliphatic heterocycles. The summed E-state index contributed by atoms with van der Waals surface area (Å²) in [6.07, 6.45) is 5.56. The number of hydrogen-bond donors (Lipinski definition) is 1. The zero-order valence-electron chi connectivity index (χ0n) is 11.2. The van der Waals surface area contributed by atoms with Crippen LogP contribution < -0.4 is 5.73 Å². The van der Waals surface area contributed by atoms with Gasteiger partial charge in [-0.2, -0.15) is 0 Å². The molecular formula is C14H26N2O. The second-order valence-corrected chi connectivity index (χ2v) is 6.04. The molecule has 98 valence electrons. The van der Waals surface area contributed by atoms with Crippen LogP contribution in [0.3, 0.4) is 0 Å². The van der Waals surface area contributed by atoms with Gasteiger partial charge in [0.2, 0.25) is 5.91 Å². The van der Waals surface area contributed by atoms with Crippen LogP contribution in [0.25, 0.3) is 0 Å². The van der Waals surface area contributed by atoms with Crippen molar-refractivity contribution < 1.29 is 4.79 Å². The average Bonchev–Trinajstić information content (AvgIpc) is 2.80. The molecule has 2 aliphatic rings. The Morgan fingerprint density at radius 1 is 1.35 bits per heavy atom. The van der Waals surface area contributed by atoms with Gasteiger partial charge < -0.3 is 10.6 Å². The van der Waals surface area contributed by atoms with Crippen LogP contribution in [0.4, 0.5) is 0 Å². The summed E-state index contributed by atoms with van der Waals surface area (Å²) in [7, 11) is 0. The highest BCUT2D eigenvalue weighted by molar-refractivity contribution is 5.80. The van der Waals surface area contributed by atoms with Gasteiger partial charge in [0.15, 0.2) is 0 Å². The molecule has 2 fully saturated rings. The summed E-state index contributed by atoms with van der Waals surface area (Å²) >= 11 is 0. The molecule has 1 saturated heterocycles. The van der Waals surface area contributed by atoms with E-state index in [2.05, 4.69) is 18.7 Å². The highest BCUT2D eigenvalue weighted by Gasteiger charge is 2.36. The molecule has 0 radical (unpaired) electrons. The zero-order valence-corrected chi connectivity index (χ0v) is 11.2. The summed E-state index contributed by atoms with van der Waals surface area (Å²) in [5.41, 5.74) is 6.13. The first kappa shape index (κ1) is 12.9. The van der Waals surface area contributed by atoms with E-state index in [0.717, 1.165) is 31.8 Å². The van der Waals surface area contributed by atoms with E-state index in [-0.39, 0.29) is 12.0 Å². The number of nitrogens with two attached hydrogens (primary N) is 1. The Bertz CT molecular complexity index is 279. The molecule has 17 heavy (non-hydrogen) atoms. The first-order valence-corrected chi connectivity index (χ1v) is 7.16. The quantitative estimate of drug-likeness (QED) is 0.800. The Balaban J connectivity index is 1.94. The summed E-state index contributed by atoms with van der Waals surface area (Å²) in [5, 5.41) is 0. The fourth-order valence-electron chi connectivity index (χ4n) is 3.29. The second-order valence-electron chi connectivity index (χ2n) is 6.04. The molecule has 0 aromatic rings. The topological polar surface area (TPSA) is 46.3 Å². The maximum absolute atomic E-state index is 12.5. The molecule has 4 unspecified atom stereocenters. The van der Waals surface area contributed by atoms with E-state index in [0.29, 0.717) is 11.8 Å². The molecule has 4 atom stereocenters. The van der Waals surface area contributed by atoms with Gasteiger partial charge in [-0.25, -0.2) is 0 Å². The second kappa shape index (κ2) is 5.38. The van der Waals surface area contributed by atoms with Crippen molar-refractivity contribution >= 4 is 5.91 Å². The molecule has 3 heteroatoms. The van der Waals surface area contributed by atoms with Crippen molar-refractivity contribution in [2.75, 3.05) is 13.1 Å². The molecule has 0 bridgehead atoms. The highest BCUT2D eigenvalue weighted by atomic mass is 16.2. The van der Waals surface area contributed by atoms with Gasteiger partial charge in [0.05, 0.1) is 5.92 Å². The lowest BCUT2D eigenvalue weighted by molar-refractivity contribution is -0.136. The summed E-state index contributed by atoms with van der Waals surface area (Å²) in [4.78, 5) is 14.5. The third kappa shape index (κ3) is 2.82. The third-order valence-corrected chi connectivity index (χ3v) is 4.66. The lowest BCUT2D eigenvalue weighted by atomic mass is 9.78. The van der Waals surface area contributed by atoms with E-state index in [4.69, 9.17) is 5.73 Å². The van der Waals surface area contributed by atoms with Crippen molar-refractivity contribution in [1.82, 2.24) is 4.90 Å². The van der Waals surface area contributed by atoms with Crippen LogP contribution in [0.1, 0.15) is 46.0 Å². The van der Waals surface area contributed by atoms with Crippen molar-refractivity contribution in [3.05, 3.63) is 0 Å². The Labute approximate surface area is 105 Å². The summed E-state index contributed by atoms with van der Waals surface area (Å²) in [6.45, 7) is 6.37. The molecule has 0 aromatic carbocycles. The van der Waals surface area contributed by atoms with E-state index >= 15 is 0 Å². The van der Waals surface area contributed by atoms with Gasteiger partial charge in [0.25, 0.3) is 0 Å². The highest BCUT2D eigenvalue weighted by Crippen LogP contribution is 2.31. The first-order valence-electron chi connectivity index (χ1n) is 7.16. The molecule has 0 spiro atoms. The van der Waals surface area contributed by atoms with Crippen LogP contribution in [-0.4, -0.2) is 29.9 Å². The van der Waals surface area contributed by atoms with Gasteiger partial charge in [0, 0.05) is 19.1 Å². The fourth-order valence-corrected chi connectivity index (χ4v) is 3.29. The van der Waals surface area contributed by atoms with Crippen LogP contribution in [0.5, 0.6) is 0 Å².